The average Bonchev–Trinajstić information content (AvgIpc) is 3.04. The molecule has 4 aromatic rings. The lowest BCUT2D eigenvalue weighted by atomic mass is 9.90. The van der Waals surface area contributed by atoms with E-state index in [1.54, 1.807) is 0 Å². The Labute approximate surface area is 179 Å². The van der Waals surface area contributed by atoms with Crippen molar-refractivity contribution < 1.29 is 19.4 Å². The van der Waals surface area contributed by atoms with Gasteiger partial charge in [-0.25, -0.2) is 4.98 Å². The molecular weight excluding hydrogens is 390 g/mol. The third-order valence-electron chi connectivity index (χ3n) is 5.40. The molecule has 1 N–H and O–H groups in total. The number of aromatic nitrogens is 1. The van der Waals surface area contributed by atoms with E-state index in [0.717, 1.165) is 34.0 Å². The van der Waals surface area contributed by atoms with Gasteiger partial charge in [0.2, 0.25) is 0 Å². The molecule has 0 radical (unpaired) electrons. The zero-order valence-electron chi connectivity index (χ0n) is 16.9. The Morgan fingerprint density at radius 1 is 0.871 bits per heavy atom. The van der Waals surface area contributed by atoms with E-state index >= 15 is 0 Å². The van der Waals surface area contributed by atoms with Crippen LogP contribution in [-0.4, -0.2) is 29.3 Å². The number of carboxylic acid groups (broad SMARTS) is 1. The number of benzene rings is 3. The molecular formula is C26H21NO4. The first-order valence-electron chi connectivity index (χ1n) is 10.3. The molecule has 0 aliphatic carbocycles. The number of fused-ring (bicyclic) bond motifs is 2. The van der Waals surface area contributed by atoms with Crippen LogP contribution >= 0.6 is 0 Å². The highest BCUT2D eigenvalue weighted by atomic mass is 16.5. The van der Waals surface area contributed by atoms with E-state index in [9.17, 15) is 9.90 Å². The van der Waals surface area contributed by atoms with Crippen molar-refractivity contribution in [2.75, 3.05) is 13.2 Å². The van der Waals surface area contributed by atoms with Crippen LogP contribution in [0.5, 0.6) is 11.5 Å². The van der Waals surface area contributed by atoms with Crippen LogP contribution in [0.25, 0.3) is 33.3 Å². The van der Waals surface area contributed by atoms with Gasteiger partial charge in [-0.1, -0.05) is 48.5 Å². The molecule has 1 aliphatic rings. The summed E-state index contributed by atoms with van der Waals surface area (Å²) in [6.45, 7) is 1.20. The molecule has 5 nitrogen and oxygen atoms in total. The summed E-state index contributed by atoms with van der Waals surface area (Å²) >= 11 is 0. The van der Waals surface area contributed by atoms with Crippen molar-refractivity contribution in [2.45, 2.75) is 12.8 Å². The maximum Gasteiger partial charge on any atom is 0.307 e. The van der Waals surface area contributed by atoms with Gasteiger partial charge < -0.3 is 14.6 Å². The van der Waals surface area contributed by atoms with E-state index in [2.05, 4.69) is 0 Å². The van der Waals surface area contributed by atoms with Crippen LogP contribution < -0.4 is 9.47 Å². The first kappa shape index (κ1) is 19.1. The van der Waals surface area contributed by atoms with Gasteiger partial charge in [0.1, 0.15) is 0 Å². The predicted octanol–water partition coefficient (Wildman–Crippen LogP) is 5.36. The summed E-state index contributed by atoms with van der Waals surface area (Å²) in [6.07, 6.45) is 0.687. The smallest absolute Gasteiger partial charge is 0.307 e. The van der Waals surface area contributed by atoms with Crippen LogP contribution in [0.2, 0.25) is 0 Å². The zero-order valence-corrected chi connectivity index (χ0v) is 16.9. The number of carboxylic acids is 1. The van der Waals surface area contributed by atoms with Crippen LogP contribution in [0, 0.1) is 0 Å². The number of nitrogens with zero attached hydrogens (tertiary/aromatic N) is 1. The SMILES string of the molecule is O=C(O)Cc1c(-c2ccc3c(c2)OCCCO3)nc2ccccc2c1-c1ccccc1. The summed E-state index contributed by atoms with van der Waals surface area (Å²) in [5.41, 5.74) is 4.83. The maximum atomic E-state index is 11.9. The van der Waals surface area contributed by atoms with Gasteiger partial charge in [0.05, 0.1) is 30.8 Å². The second kappa shape index (κ2) is 8.11. The second-order valence-corrected chi connectivity index (χ2v) is 7.48. The van der Waals surface area contributed by atoms with Gasteiger partial charge in [0.15, 0.2) is 11.5 Å². The molecule has 0 bridgehead atoms. The molecule has 1 aliphatic heterocycles. The molecule has 1 aromatic heterocycles. The summed E-state index contributed by atoms with van der Waals surface area (Å²) in [5.74, 6) is 0.461. The summed E-state index contributed by atoms with van der Waals surface area (Å²) < 4.78 is 11.6. The van der Waals surface area contributed by atoms with E-state index in [1.165, 1.54) is 0 Å². The first-order valence-corrected chi connectivity index (χ1v) is 10.3. The number of rotatable bonds is 4. The Morgan fingerprint density at radius 2 is 1.61 bits per heavy atom. The monoisotopic (exact) mass is 411 g/mol. The lowest BCUT2D eigenvalue weighted by molar-refractivity contribution is -0.136. The molecule has 5 rings (SSSR count). The van der Waals surface area contributed by atoms with E-state index in [0.29, 0.717) is 36.0 Å². The molecule has 31 heavy (non-hydrogen) atoms. The quantitative estimate of drug-likeness (QED) is 0.490. The lowest BCUT2D eigenvalue weighted by Crippen LogP contribution is -2.06. The molecule has 0 saturated heterocycles. The lowest BCUT2D eigenvalue weighted by Gasteiger charge is -2.18. The Balaban J connectivity index is 1.80. The van der Waals surface area contributed by atoms with Crippen LogP contribution in [-0.2, 0) is 11.2 Å². The second-order valence-electron chi connectivity index (χ2n) is 7.48. The number of para-hydroxylation sites is 1. The van der Waals surface area contributed by atoms with Gasteiger partial charge in [0.25, 0.3) is 0 Å². The van der Waals surface area contributed by atoms with Crippen LogP contribution in [0.4, 0.5) is 0 Å². The summed E-state index contributed by atoms with van der Waals surface area (Å²) in [5, 5.41) is 10.7. The average molecular weight is 411 g/mol. The van der Waals surface area contributed by atoms with Crippen molar-refractivity contribution in [1.82, 2.24) is 4.98 Å². The summed E-state index contributed by atoms with van der Waals surface area (Å²) in [7, 11) is 0. The minimum Gasteiger partial charge on any atom is -0.490 e. The number of pyridine rings is 1. The van der Waals surface area contributed by atoms with Crippen LogP contribution in [0.1, 0.15) is 12.0 Å². The molecule has 0 spiro atoms. The van der Waals surface area contributed by atoms with Crippen molar-refractivity contribution in [3.05, 3.63) is 78.4 Å². The standard InChI is InChI=1S/C26H21NO4/c28-24(29)16-20-25(17-7-2-1-3-8-17)19-9-4-5-10-21(19)27-26(20)18-11-12-22-23(15-18)31-14-6-13-30-22/h1-5,7-12,15H,6,13-14,16H2,(H,28,29). The number of aliphatic carboxylic acids is 1. The fraction of sp³-hybridized carbons (Fsp3) is 0.154. The minimum absolute atomic E-state index is 0.133. The van der Waals surface area contributed by atoms with Gasteiger partial charge in [0, 0.05) is 17.4 Å². The topological polar surface area (TPSA) is 68.7 Å². The van der Waals surface area contributed by atoms with Gasteiger partial charge in [-0.15, -0.1) is 0 Å². The van der Waals surface area contributed by atoms with Gasteiger partial charge in [-0.3, -0.25) is 4.79 Å². The minimum atomic E-state index is -0.898. The molecule has 3 aromatic carbocycles. The van der Waals surface area contributed by atoms with Gasteiger partial charge in [-0.05, 0) is 41.0 Å². The normalized spacial score (nSPS) is 13.0. The van der Waals surface area contributed by atoms with Crippen molar-refractivity contribution in [2.24, 2.45) is 0 Å². The molecule has 0 atom stereocenters. The highest BCUT2D eigenvalue weighted by Gasteiger charge is 2.21. The first-order chi connectivity index (χ1) is 15.2. The Hall–Kier alpha value is -3.86. The molecule has 0 saturated carbocycles. The fourth-order valence-electron chi connectivity index (χ4n) is 4.06. The van der Waals surface area contributed by atoms with E-state index in [4.69, 9.17) is 14.5 Å². The third kappa shape index (κ3) is 3.70. The Morgan fingerprint density at radius 3 is 2.42 bits per heavy atom. The molecule has 5 heteroatoms. The van der Waals surface area contributed by atoms with Crippen molar-refractivity contribution in [3.63, 3.8) is 0 Å². The fourth-order valence-corrected chi connectivity index (χ4v) is 4.06. The number of carbonyl (C=O) groups is 1. The largest absolute Gasteiger partial charge is 0.490 e. The predicted molar refractivity (Wildman–Crippen MR) is 120 cm³/mol. The van der Waals surface area contributed by atoms with E-state index in [-0.39, 0.29) is 6.42 Å². The molecule has 154 valence electrons. The highest BCUT2D eigenvalue weighted by Crippen LogP contribution is 2.40. The number of hydrogen-bond acceptors (Lipinski definition) is 4. The maximum absolute atomic E-state index is 11.9. The Bertz CT molecular complexity index is 1270. The van der Waals surface area contributed by atoms with Gasteiger partial charge >= 0.3 is 5.97 Å². The van der Waals surface area contributed by atoms with Gasteiger partial charge in [-0.2, -0.15) is 0 Å². The van der Waals surface area contributed by atoms with Crippen molar-refractivity contribution in [3.8, 4) is 33.9 Å². The summed E-state index contributed by atoms with van der Waals surface area (Å²) in [6, 6.07) is 23.4. The number of hydrogen-bond donors (Lipinski definition) is 1. The van der Waals surface area contributed by atoms with Crippen molar-refractivity contribution >= 4 is 16.9 Å². The van der Waals surface area contributed by atoms with Crippen LogP contribution in [0.3, 0.4) is 0 Å². The van der Waals surface area contributed by atoms with Crippen molar-refractivity contribution in [1.29, 1.82) is 0 Å². The van der Waals surface area contributed by atoms with E-state index < -0.39 is 5.97 Å². The number of ether oxygens (including phenoxy) is 2. The Kier molecular flexibility index (Phi) is 5.00. The zero-order chi connectivity index (χ0) is 21.2. The van der Waals surface area contributed by atoms with Crippen LogP contribution in [0.15, 0.2) is 72.8 Å². The molecule has 2 heterocycles. The molecule has 0 amide bonds. The molecule has 0 fully saturated rings. The molecule has 0 unspecified atom stereocenters. The third-order valence-corrected chi connectivity index (χ3v) is 5.40. The summed E-state index contributed by atoms with van der Waals surface area (Å²) in [4.78, 5) is 16.8. The highest BCUT2D eigenvalue weighted by molar-refractivity contribution is 6.00. The van der Waals surface area contributed by atoms with E-state index in [1.807, 2.05) is 72.8 Å².